The normalized spacial score (nSPS) is 10.3. The molecule has 3 rings (SSSR count). The highest BCUT2D eigenvalue weighted by molar-refractivity contribution is 5.98. The van der Waals surface area contributed by atoms with Gasteiger partial charge in [-0.15, -0.1) is 0 Å². The Morgan fingerprint density at radius 3 is 2.76 bits per heavy atom. The molecular weight excluding hydrogens is 422 g/mol. The van der Waals surface area contributed by atoms with Crippen LogP contribution in [0.5, 0.6) is 17.4 Å². The van der Waals surface area contributed by atoms with E-state index in [9.17, 15) is 4.79 Å². The van der Waals surface area contributed by atoms with Crippen molar-refractivity contribution in [1.29, 1.82) is 0 Å². The molecule has 2 N–H and O–H groups in total. The van der Waals surface area contributed by atoms with Gasteiger partial charge >= 0.3 is 0 Å². The molecule has 0 aliphatic carbocycles. The molecule has 0 aliphatic heterocycles. The van der Waals surface area contributed by atoms with Gasteiger partial charge in [0.15, 0.2) is 0 Å². The van der Waals surface area contributed by atoms with Crippen LogP contribution in [0.3, 0.4) is 0 Å². The molecule has 33 heavy (non-hydrogen) atoms. The lowest BCUT2D eigenvalue weighted by Gasteiger charge is -2.22. The molecule has 0 aliphatic rings. The Hall–Kier alpha value is -4.11. The largest absolute Gasteiger partial charge is 0.495 e. The maximum absolute atomic E-state index is 11.5. The summed E-state index contributed by atoms with van der Waals surface area (Å²) in [6, 6.07) is 14.4. The van der Waals surface area contributed by atoms with Crippen LogP contribution < -0.4 is 25.0 Å². The Morgan fingerprint density at radius 1 is 1.15 bits per heavy atom. The number of hydrogen-bond donors (Lipinski definition) is 2. The second-order valence-corrected chi connectivity index (χ2v) is 6.97. The van der Waals surface area contributed by atoms with Gasteiger partial charge in [0.2, 0.25) is 17.7 Å². The average Bonchev–Trinajstić information content (AvgIpc) is 2.82. The van der Waals surface area contributed by atoms with Crippen LogP contribution in [0.15, 0.2) is 67.4 Å². The summed E-state index contributed by atoms with van der Waals surface area (Å²) < 4.78 is 16.5. The van der Waals surface area contributed by atoms with Crippen LogP contribution in [-0.2, 0) is 9.53 Å². The van der Waals surface area contributed by atoms with Gasteiger partial charge in [-0.3, -0.25) is 4.79 Å². The zero-order chi connectivity index (χ0) is 23.6. The van der Waals surface area contributed by atoms with E-state index in [1.165, 1.54) is 6.08 Å². The van der Waals surface area contributed by atoms with E-state index in [2.05, 4.69) is 32.1 Å². The highest BCUT2D eigenvalue weighted by Crippen LogP contribution is 2.31. The molecule has 0 fully saturated rings. The van der Waals surface area contributed by atoms with Gasteiger partial charge in [-0.05, 0) is 30.3 Å². The van der Waals surface area contributed by atoms with Crippen molar-refractivity contribution >= 4 is 28.9 Å². The Morgan fingerprint density at radius 2 is 2.00 bits per heavy atom. The van der Waals surface area contributed by atoms with E-state index in [4.69, 9.17) is 14.2 Å². The number of benzene rings is 2. The van der Waals surface area contributed by atoms with Gasteiger partial charge < -0.3 is 29.7 Å². The second-order valence-electron chi connectivity index (χ2n) is 6.97. The van der Waals surface area contributed by atoms with Crippen molar-refractivity contribution in [2.45, 2.75) is 0 Å². The van der Waals surface area contributed by atoms with Crippen molar-refractivity contribution in [3.63, 3.8) is 0 Å². The lowest BCUT2D eigenvalue weighted by molar-refractivity contribution is -0.111. The van der Waals surface area contributed by atoms with Crippen LogP contribution in [0.2, 0.25) is 0 Å². The molecule has 0 saturated carbocycles. The molecule has 2 aromatic carbocycles. The maximum Gasteiger partial charge on any atom is 0.247 e. The number of likely N-dealkylation sites (N-methyl/N-ethyl adjacent to an activating group) is 1. The van der Waals surface area contributed by atoms with Crippen molar-refractivity contribution in [2.75, 3.05) is 50.0 Å². The summed E-state index contributed by atoms with van der Waals surface area (Å²) >= 11 is 0. The molecule has 0 radical (unpaired) electrons. The monoisotopic (exact) mass is 449 g/mol. The van der Waals surface area contributed by atoms with Crippen molar-refractivity contribution in [3.05, 3.63) is 67.4 Å². The summed E-state index contributed by atoms with van der Waals surface area (Å²) in [5.74, 6) is 1.65. The smallest absolute Gasteiger partial charge is 0.247 e. The number of nitrogens with zero attached hydrogens (tertiary/aromatic N) is 3. The molecule has 0 atom stereocenters. The zero-order valence-electron chi connectivity index (χ0n) is 18.9. The van der Waals surface area contributed by atoms with Crippen LogP contribution in [0.1, 0.15) is 0 Å². The number of amides is 1. The van der Waals surface area contributed by atoms with Crippen molar-refractivity contribution in [1.82, 2.24) is 9.97 Å². The van der Waals surface area contributed by atoms with Crippen LogP contribution in [0.25, 0.3) is 0 Å². The third kappa shape index (κ3) is 6.68. The van der Waals surface area contributed by atoms with Crippen LogP contribution in [-0.4, -0.2) is 50.3 Å². The molecule has 172 valence electrons. The van der Waals surface area contributed by atoms with Crippen LogP contribution in [0.4, 0.5) is 23.0 Å². The fraction of sp³-hybridized carbons (Fsp3) is 0.208. The summed E-state index contributed by atoms with van der Waals surface area (Å²) in [7, 11) is 5.28. The Balaban J connectivity index is 1.72. The number of carbonyl (C=O) groups excluding carboxylic acids is 1. The summed E-state index contributed by atoms with van der Waals surface area (Å²) in [5, 5.41) is 5.86. The number of nitrogens with one attached hydrogen (secondary N) is 2. The predicted molar refractivity (Wildman–Crippen MR) is 129 cm³/mol. The number of anilines is 4. The third-order valence-corrected chi connectivity index (χ3v) is 4.62. The number of carbonyl (C=O) groups is 1. The first kappa shape index (κ1) is 23.6. The van der Waals surface area contributed by atoms with Crippen molar-refractivity contribution in [3.8, 4) is 17.4 Å². The van der Waals surface area contributed by atoms with Crippen molar-refractivity contribution < 1.29 is 19.0 Å². The van der Waals surface area contributed by atoms with Gasteiger partial charge in [0.05, 0.1) is 19.4 Å². The van der Waals surface area contributed by atoms with Crippen LogP contribution in [0, 0.1) is 0 Å². The Kier molecular flexibility index (Phi) is 8.20. The Labute approximate surface area is 193 Å². The topological polar surface area (TPSA) is 97.8 Å². The maximum atomic E-state index is 11.5. The number of hydrogen-bond acceptors (Lipinski definition) is 8. The van der Waals surface area contributed by atoms with E-state index >= 15 is 0 Å². The summed E-state index contributed by atoms with van der Waals surface area (Å²) in [4.78, 5) is 22.2. The fourth-order valence-corrected chi connectivity index (χ4v) is 2.96. The van der Waals surface area contributed by atoms with Gasteiger partial charge in [0.25, 0.3) is 0 Å². The lowest BCUT2D eigenvalue weighted by atomic mass is 10.2. The van der Waals surface area contributed by atoms with E-state index in [-0.39, 0.29) is 5.91 Å². The zero-order valence-corrected chi connectivity index (χ0v) is 18.9. The van der Waals surface area contributed by atoms with Crippen LogP contribution >= 0.6 is 0 Å². The molecule has 1 amide bonds. The highest BCUT2D eigenvalue weighted by Gasteiger charge is 2.10. The molecule has 9 nitrogen and oxygen atoms in total. The Bertz CT molecular complexity index is 1110. The third-order valence-electron chi connectivity index (χ3n) is 4.62. The second kappa shape index (κ2) is 11.5. The predicted octanol–water partition coefficient (Wildman–Crippen LogP) is 4.23. The van der Waals surface area contributed by atoms with E-state index in [0.717, 1.165) is 17.9 Å². The summed E-state index contributed by atoms with van der Waals surface area (Å²) in [6.07, 6.45) is 2.80. The number of aromatic nitrogens is 2. The molecule has 3 aromatic rings. The fourth-order valence-electron chi connectivity index (χ4n) is 2.96. The van der Waals surface area contributed by atoms with Gasteiger partial charge in [0.1, 0.15) is 11.5 Å². The minimum atomic E-state index is -0.299. The number of ether oxygens (including phenoxy) is 3. The standard InChI is InChI=1S/C24H27N5O4/c1-5-22(30)26-17-7-6-8-19(15-17)33-23-11-12-25-24(28-23)27-18-9-10-20(21(16-18)32-4)29(2)13-14-31-3/h5-12,15-16H,1,13-14H2,2-4H3,(H,26,30)(H,25,27,28). The number of methoxy groups -OCH3 is 2. The molecule has 1 heterocycles. The molecule has 0 bridgehead atoms. The SMILES string of the molecule is C=CC(=O)Nc1cccc(Oc2ccnc(Nc3ccc(N(C)CCOC)c(OC)c3)n2)c1. The molecule has 0 unspecified atom stereocenters. The molecule has 0 saturated heterocycles. The van der Waals surface area contributed by atoms with E-state index in [1.807, 2.05) is 25.2 Å². The minimum Gasteiger partial charge on any atom is -0.495 e. The summed E-state index contributed by atoms with van der Waals surface area (Å²) in [6.45, 7) is 4.80. The first-order valence-corrected chi connectivity index (χ1v) is 10.2. The minimum absolute atomic E-state index is 0.299. The average molecular weight is 450 g/mol. The first-order chi connectivity index (χ1) is 16.0. The van der Waals surface area contributed by atoms with E-state index in [0.29, 0.717) is 35.6 Å². The molecule has 1 aromatic heterocycles. The van der Waals surface area contributed by atoms with Gasteiger partial charge in [-0.1, -0.05) is 12.6 Å². The molecule has 0 spiro atoms. The number of rotatable bonds is 11. The van der Waals surface area contributed by atoms with E-state index < -0.39 is 0 Å². The molecular formula is C24H27N5O4. The van der Waals surface area contributed by atoms with E-state index in [1.54, 1.807) is 50.7 Å². The van der Waals surface area contributed by atoms with Crippen molar-refractivity contribution in [2.24, 2.45) is 0 Å². The molecule has 9 heteroatoms. The van der Waals surface area contributed by atoms with Gasteiger partial charge in [-0.2, -0.15) is 4.98 Å². The highest BCUT2D eigenvalue weighted by atomic mass is 16.5. The quantitative estimate of drug-likeness (QED) is 0.420. The summed E-state index contributed by atoms with van der Waals surface area (Å²) in [5.41, 5.74) is 2.30. The lowest BCUT2D eigenvalue weighted by Crippen LogP contribution is -2.22. The van der Waals surface area contributed by atoms with Gasteiger partial charge in [0, 0.05) is 56.5 Å². The van der Waals surface area contributed by atoms with Gasteiger partial charge in [-0.25, -0.2) is 4.98 Å². The first-order valence-electron chi connectivity index (χ1n) is 10.2.